The standard InChI is InChI=1S/C27H26N2O3/c1-27(2)17-20-12-13-22(32-3)15-23(20)24(29-27)16-25(30)19-10-7-11-21(14-19)28-26(31)18-8-5-4-6-9-18/h4-16,29H,17H2,1-3H3,(H,28,31)/b24-16-. The number of ether oxygens (including phenoxy) is 1. The zero-order valence-corrected chi connectivity index (χ0v) is 18.4. The number of ketones is 1. The second kappa shape index (κ2) is 8.71. The van der Waals surface area contributed by atoms with Gasteiger partial charge in [-0.15, -0.1) is 0 Å². The zero-order chi connectivity index (χ0) is 22.7. The van der Waals surface area contributed by atoms with Crippen molar-refractivity contribution in [2.24, 2.45) is 0 Å². The normalized spacial score (nSPS) is 15.4. The van der Waals surface area contributed by atoms with Gasteiger partial charge in [0.2, 0.25) is 0 Å². The predicted molar refractivity (Wildman–Crippen MR) is 127 cm³/mol. The topological polar surface area (TPSA) is 67.4 Å². The molecular formula is C27H26N2O3. The van der Waals surface area contributed by atoms with Crippen molar-refractivity contribution in [3.8, 4) is 5.75 Å². The van der Waals surface area contributed by atoms with Crippen molar-refractivity contribution in [2.75, 3.05) is 12.4 Å². The van der Waals surface area contributed by atoms with Crippen LogP contribution in [0.3, 0.4) is 0 Å². The number of hydrogen-bond donors (Lipinski definition) is 2. The lowest BCUT2D eigenvalue weighted by Gasteiger charge is -2.35. The third-order valence-corrected chi connectivity index (χ3v) is 5.43. The minimum atomic E-state index is -0.217. The molecule has 0 atom stereocenters. The van der Waals surface area contributed by atoms with Crippen molar-refractivity contribution in [1.29, 1.82) is 0 Å². The first-order valence-electron chi connectivity index (χ1n) is 10.5. The maximum atomic E-state index is 13.1. The summed E-state index contributed by atoms with van der Waals surface area (Å²) in [4.78, 5) is 25.6. The molecule has 3 aromatic rings. The van der Waals surface area contributed by atoms with Crippen LogP contribution in [0.25, 0.3) is 5.70 Å². The minimum absolute atomic E-state index is 0.144. The Balaban J connectivity index is 1.61. The quantitative estimate of drug-likeness (QED) is 0.440. The van der Waals surface area contributed by atoms with Crippen LogP contribution in [-0.4, -0.2) is 24.3 Å². The average Bonchev–Trinajstić information content (AvgIpc) is 2.79. The number of hydrogen-bond acceptors (Lipinski definition) is 4. The summed E-state index contributed by atoms with van der Waals surface area (Å²) < 4.78 is 5.38. The van der Waals surface area contributed by atoms with Gasteiger partial charge < -0.3 is 15.4 Å². The predicted octanol–water partition coefficient (Wildman–Crippen LogP) is 5.10. The summed E-state index contributed by atoms with van der Waals surface area (Å²) in [5.74, 6) is 0.384. The molecule has 0 fully saturated rings. The zero-order valence-electron chi connectivity index (χ0n) is 18.4. The maximum absolute atomic E-state index is 13.1. The van der Waals surface area contributed by atoms with Crippen molar-refractivity contribution in [3.05, 3.63) is 101 Å². The van der Waals surface area contributed by atoms with Gasteiger partial charge in [0.25, 0.3) is 5.91 Å². The Morgan fingerprint density at radius 1 is 0.969 bits per heavy atom. The third-order valence-electron chi connectivity index (χ3n) is 5.43. The van der Waals surface area contributed by atoms with Crippen molar-refractivity contribution >= 4 is 23.1 Å². The number of fused-ring (bicyclic) bond motifs is 1. The second-order valence-corrected chi connectivity index (χ2v) is 8.53. The molecule has 0 radical (unpaired) electrons. The monoisotopic (exact) mass is 426 g/mol. The van der Waals surface area contributed by atoms with Crippen LogP contribution in [0.1, 0.15) is 45.7 Å². The van der Waals surface area contributed by atoms with Crippen LogP contribution in [0.2, 0.25) is 0 Å². The number of carbonyl (C=O) groups excluding carboxylic acids is 2. The summed E-state index contributed by atoms with van der Waals surface area (Å²) in [7, 11) is 1.63. The van der Waals surface area contributed by atoms with E-state index in [1.807, 2.05) is 30.3 Å². The van der Waals surface area contributed by atoms with Crippen molar-refractivity contribution in [2.45, 2.75) is 25.8 Å². The molecule has 5 heteroatoms. The van der Waals surface area contributed by atoms with E-state index in [2.05, 4.69) is 30.5 Å². The van der Waals surface area contributed by atoms with E-state index in [1.54, 1.807) is 49.6 Å². The summed E-state index contributed by atoms with van der Waals surface area (Å²) in [6, 6.07) is 21.9. The molecule has 2 N–H and O–H groups in total. The molecule has 3 aromatic carbocycles. The molecule has 1 heterocycles. The highest BCUT2D eigenvalue weighted by Crippen LogP contribution is 2.32. The fourth-order valence-electron chi connectivity index (χ4n) is 3.91. The third kappa shape index (κ3) is 4.72. The Hall–Kier alpha value is -3.86. The van der Waals surface area contributed by atoms with Crippen LogP contribution in [0.4, 0.5) is 5.69 Å². The van der Waals surface area contributed by atoms with Gasteiger partial charge in [-0.05, 0) is 62.2 Å². The van der Waals surface area contributed by atoms with Gasteiger partial charge >= 0.3 is 0 Å². The molecule has 162 valence electrons. The highest BCUT2D eigenvalue weighted by atomic mass is 16.5. The Labute approximate surface area is 188 Å². The fourth-order valence-corrected chi connectivity index (χ4v) is 3.91. The number of nitrogens with one attached hydrogen (secondary N) is 2. The number of amides is 1. The Morgan fingerprint density at radius 2 is 1.72 bits per heavy atom. The van der Waals surface area contributed by atoms with Gasteiger partial charge in [0, 0.05) is 39.7 Å². The number of methoxy groups -OCH3 is 1. The van der Waals surface area contributed by atoms with Gasteiger partial charge in [0.15, 0.2) is 5.78 Å². The smallest absolute Gasteiger partial charge is 0.255 e. The minimum Gasteiger partial charge on any atom is -0.497 e. The highest BCUT2D eigenvalue weighted by molar-refractivity contribution is 6.10. The SMILES string of the molecule is COc1ccc2c(c1)/C(=C/C(=O)c1cccc(NC(=O)c3ccccc3)c1)NC(C)(C)C2. The van der Waals surface area contributed by atoms with Crippen LogP contribution in [0.15, 0.2) is 78.9 Å². The lowest BCUT2D eigenvalue weighted by atomic mass is 9.85. The molecule has 1 aliphatic rings. The number of rotatable bonds is 5. The summed E-state index contributed by atoms with van der Waals surface area (Å²) in [5.41, 5.74) is 4.34. The van der Waals surface area contributed by atoms with Gasteiger partial charge in [-0.1, -0.05) is 36.4 Å². The van der Waals surface area contributed by atoms with Crippen molar-refractivity contribution in [1.82, 2.24) is 5.32 Å². The summed E-state index contributed by atoms with van der Waals surface area (Å²) >= 11 is 0. The molecule has 5 nitrogen and oxygen atoms in total. The Kier molecular flexibility index (Phi) is 5.82. The van der Waals surface area contributed by atoms with Crippen LogP contribution >= 0.6 is 0 Å². The maximum Gasteiger partial charge on any atom is 0.255 e. The van der Waals surface area contributed by atoms with Crippen LogP contribution < -0.4 is 15.4 Å². The first-order valence-corrected chi connectivity index (χ1v) is 10.5. The molecule has 4 rings (SSSR count). The lowest BCUT2D eigenvalue weighted by molar-refractivity contribution is 0.102. The van der Waals surface area contributed by atoms with Crippen molar-refractivity contribution < 1.29 is 14.3 Å². The number of allylic oxidation sites excluding steroid dienone is 1. The van der Waals surface area contributed by atoms with Gasteiger partial charge in [-0.3, -0.25) is 9.59 Å². The van der Waals surface area contributed by atoms with E-state index in [0.29, 0.717) is 16.8 Å². The van der Waals surface area contributed by atoms with Crippen LogP contribution in [-0.2, 0) is 6.42 Å². The number of carbonyl (C=O) groups is 2. The lowest BCUT2D eigenvalue weighted by Crippen LogP contribution is -2.43. The molecule has 1 aliphatic heterocycles. The molecule has 0 unspecified atom stereocenters. The molecule has 0 bridgehead atoms. The van der Waals surface area contributed by atoms with E-state index in [-0.39, 0.29) is 17.2 Å². The van der Waals surface area contributed by atoms with E-state index < -0.39 is 0 Å². The highest BCUT2D eigenvalue weighted by Gasteiger charge is 2.28. The van der Waals surface area contributed by atoms with Crippen molar-refractivity contribution in [3.63, 3.8) is 0 Å². The van der Waals surface area contributed by atoms with Crippen LogP contribution in [0.5, 0.6) is 5.75 Å². The molecular weight excluding hydrogens is 400 g/mol. The summed E-state index contributed by atoms with van der Waals surface area (Å²) in [6.07, 6.45) is 2.47. The largest absolute Gasteiger partial charge is 0.497 e. The summed E-state index contributed by atoms with van der Waals surface area (Å²) in [5, 5.41) is 6.34. The average molecular weight is 427 g/mol. The molecule has 1 amide bonds. The van der Waals surface area contributed by atoms with E-state index >= 15 is 0 Å². The molecule has 0 spiro atoms. The van der Waals surface area contributed by atoms with Gasteiger partial charge in [0.05, 0.1) is 7.11 Å². The molecule has 0 saturated carbocycles. The number of benzene rings is 3. The summed E-state index contributed by atoms with van der Waals surface area (Å²) in [6.45, 7) is 4.22. The first-order chi connectivity index (χ1) is 15.3. The van der Waals surface area contributed by atoms with E-state index in [4.69, 9.17) is 4.74 Å². The fraction of sp³-hybridized carbons (Fsp3) is 0.185. The Morgan fingerprint density at radius 3 is 2.47 bits per heavy atom. The van der Waals surface area contributed by atoms with Crippen LogP contribution in [0, 0.1) is 0 Å². The van der Waals surface area contributed by atoms with Gasteiger partial charge in [-0.25, -0.2) is 0 Å². The van der Waals surface area contributed by atoms with Gasteiger partial charge in [0.1, 0.15) is 5.75 Å². The molecule has 0 saturated heterocycles. The van der Waals surface area contributed by atoms with E-state index in [1.165, 1.54) is 0 Å². The molecule has 0 aliphatic carbocycles. The second-order valence-electron chi connectivity index (χ2n) is 8.53. The van der Waals surface area contributed by atoms with Gasteiger partial charge in [-0.2, -0.15) is 0 Å². The molecule has 32 heavy (non-hydrogen) atoms. The number of anilines is 1. The molecule has 0 aromatic heterocycles. The first kappa shape index (κ1) is 21.4. The Bertz CT molecular complexity index is 1200. The van der Waals surface area contributed by atoms with E-state index in [9.17, 15) is 9.59 Å². The van der Waals surface area contributed by atoms with E-state index in [0.717, 1.165) is 29.0 Å².